The van der Waals surface area contributed by atoms with Crippen molar-refractivity contribution >= 4 is 5.82 Å². The molecule has 2 aromatic heterocycles. The summed E-state index contributed by atoms with van der Waals surface area (Å²) in [7, 11) is 2.01. The zero-order chi connectivity index (χ0) is 14.6. The highest BCUT2D eigenvalue weighted by Gasteiger charge is 2.09. The molecule has 20 heavy (non-hydrogen) atoms. The molecule has 0 saturated carbocycles. The highest BCUT2D eigenvalue weighted by molar-refractivity contribution is 5.38. The van der Waals surface area contributed by atoms with E-state index in [1.165, 1.54) is 5.56 Å². The summed E-state index contributed by atoms with van der Waals surface area (Å²) in [6, 6.07) is 8.03. The van der Waals surface area contributed by atoms with E-state index in [-0.39, 0.29) is 5.54 Å². The van der Waals surface area contributed by atoms with E-state index in [1.54, 1.807) is 6.26 Å². The number of nitrogens with zero attached hydrogens (tertiary/aromatic N) is 2. The van der Waals surface area contributed by atoms with Crippen LogP contribution in [0.5, 0.6) is 0 Å². The minimum absolute atomic E-state index is 0.120. The largest absolute Gasteiger partial charge is 0.467 e. The summed E-state index contributed by atoms with van der Waals surface area (Å²) in [4.78, 5) is 6.57. The Labute approximate surface area is 120 Å². The molecule has 2 heterocycles. The van der Waals surface area contributed by atoms with Gasteiger partial charge in [0.05, 0.1) is 12.8 Å². The second-order valence-electron chi connectivity index (χ2n) is 6.06. The van der Waals surface area contributed by atoms with Crippen LogP contribution in [0.1, 0.15) is 32.1 Å². The molecule has 108 valence electrons. The first-order valence-corrected chi connectivity index (χ1v) is 6.87. The molecule has 0 saturated heterocycles. The maximum Gasteiger partial charge on any atom is 0.128 e. The minimum atomic E-state index is 0.120. The number of anilines is 1. The van der Waals surface area contributed by atoms with Crippen LogP contribution in [-0.2, 0) is 13.1 Å². The van der Waals surface area contributed by atoms with Gasteiger partial charge in [0.1, 0.15) is 11.6 Å². The molecular weight excluding hydrogens is 250 g/mol. The standard InChI is InChI=1S/C16H23N3O/c1-16(2,3)18-11-13-7-8-15(17-10-13)19(4)12-14-6-5-9-20-14/h5-10,18H,11-12H2,1-4H3. The van der Waals surface area contributed by atoms with Gasteiger partial charge >= 0.3 is 0 Å². The van der Waals surface area contributed by atoms with E-state index >= 15 is 0 Å². The predicted octanol–water partition coefficient (Wildman–Crippen LogP) is 3.20. The average molecular weight is 273 g/mol. The van der Waals surface area contributed by atoms with E-state index in [9.17, 15) is 0 Å². The average Bonchev–Trinajstić information content (AvgIpc) is 2.89. The molecule has 0 amide bonds. The van der Waals surface area contributed by atoms with Crippen molar-refractivity contribution in [2.24, 2.45) is 0 Å². The van der Waals surface area contributed by atoms with Crippen molar-refractivity contribution in [3.8, 4) is 0 Å². The summed E-state index contributed by atoms with van der Waals surface area (Å²) in [6.07, 6.45) is 3.62. The highest BCUT2D eigenvalue weighted by atomic mass is 16.3. The van der Waals surface area contributed by atoms with Crippen molar-refractivity contribution in [3.63, 3.8) is 0 Å². The molecule has 0 atom stereocenters. The van der Waals surface area contributed by atoms with Gasteiger partial charge in [-0.2, -0.15) is 0 Å². The molecular formula is C16H23N3O. The summed E-state index contributed by atoms with van der Waals surface area (Å²) in [5, 5.41) is 3.45. The van der Waals surface area contributed by atoms with E-state index in [2.05, 4.69) is 42.0 Å². The van der Waals surface area contributed by atoms with Crippen LogP contribution in [0.15, 0.2) is 41.1 Å². The molecule has 0 aliphatic carbocycles. The Morgan fingerprint density at radius 2 is 2.05 bits per heavy atom. The van der Waals surface area contributed by atoms with E-state index in [4.69, 9.17) is 4.42 Å². The normalized spacial score (nSPS) is 11.6. The van der Waals surface area contributed by atoms with Crippen LogP contribution in [0.3, 0.4) is 0 Å². The summed E-state index contributed by atoms with van der Waals surface area (Å²) in [5.74, 6) is 1.88. The second kappa shape index (κ2) is 6.09. The van der Waals surface area contributed by atoms with Crippen LogP contribution in [0.4, 0.5) is 5.82 Å². The summed E-state index contributed by atoms with van der Waals surface area (Å²) in [5.41, 5.74) is 1.31. The van der Waals surface area contributed by atoms with Crippen molar-refractivity contribution in [1.29, 1.82) is 0 Å². The lowest BCUT2D eigenvalue weighted by Crippen LogP contribution is -2.35. The number of nitrogens with one attached hydrogen (secondary N) is 1. The first kappa shape index (κ1) is 14.6. The molecule has 0 unspecified atom stereocenters. The Morgan fingerprint density at radius 1 is 1.25 bits per heavy atom. The van der Waals surface area contributed by atoms with Gasteiger partial charge in [0.25, 0.3) is 0 Å². The fourth-order valence-corrected chi connectivity index (χ4v) is 1.83. The lowest BCUT2D eigenvalue weighted by Gasteiger charge is -2.21. The van der Waals surface area contributed by atoms with Gasteiger partial charge in [0.15, 0.2) is 0 Å². The molecule has 1 N–H and O–H groups in total. The predicted molar refractivity (Wildman–Crippen MR) is 81.6 cm³/mol. The lowest BCUT2D eigenvalue weighted by molar-refractivity contribution is 0.424. The van der Waals surface area contributed by atoms with Gasteiger partial charge in [-0.1, -0.05) is 6.07 Å². The molecule has 0 fully saturated rings. The number of hydrogen-bond acceptors (Lipinski definition) is 4. The molecule has 0 aliphatic heterocycles. The van der Waals surface area contributed by atoms with E-state index in [1.807, 2.05) is 31.4 Å². The molecule has 0 aromatic carbocycles. The maximum atomic E-state index is 5.35. The summed E-state index contributed by atoms with van der Waals surface area (Å²) in [6.45, 7) is 8.03. The third-order valence-corrected chi connectivity index (χ3v) is 3.00. The molecule has 0 radical (unpaired) electrons. The fraction of sp³-hybridized carbons (Fsp3) is 0.438. The first-order chi connectivity index (χ1) is 9.44. The number of rotatable bonds is 5. The maximum absolute atomic E-state index is 5.35. The SMILES string of the molecule is CN(Cc1ccco1)c1ccc(CNC(C)(C)C)cn1. The summed E-state index contributed by atoms with van der Waals surface area (Å²) < 4.78 is 5.35. The number of furan rings is 1. The number of aromatic nitrogens is 1. The molecule has 0 spiro atoms. The van der Waals surface area contributed by atoms with E-state index in [0.29, 0.717) is 0 Å². The van der Waals surface area contributed by atoms with Crippen LogP contribution in [0, 0.1) is 0 Å². The van der Waals surface area contributed by atoms with Crippen LogP contribution < -0.4 is 10.2 Å². The zero-order valence-electron chi connectivity index (χ0n) is 12.7. The van der Waals surface area contributed by atoms with Crippen molar-refractivity contribution < 1.29 is 4.42 Å². The first-order valence-electron chi connectivity index (χ1n) is 6.87. The van der Waals surface area contributed by atoms with Gasteiger partial charge in [-0.25, -0.2) is 4.98 Å². The van der Waals surface area contributed by atoms with Crippen molar-refractivity contribution in [2.75, 3.05) is 11.9 Å². The Kier molecular flexibility index (Phi) is 4.45. The smallest absolute Gasteiger partial charge is 0.128 e. The highest BCUT2D eigenvalue weighted by Crippen LogP contribution is 2.14. The van der Waals surface area contributed by atoms with Crippen molar-refractivity contribution in [2.45, 2.75) is 39.4 Å². The van der Waals surface area contributed by atoms with E-state index < -0.39 is 0 Å². The zero-order valence-corrected chi connectivity index (χ0v) is 12.7. The summed E-state index contributed by atoms with van der Waals surface area (Å²) >= 11 is 0. The van der Waals surface area contributed by atoms with Gasteiger partial charge < -0.3 is 14.6 Å². The van der Waals surface area contributed by atoms with Gasteiger partial charge in [0.2, 0.25) is 0 Å². The molecule has 2 aromatic rings. The Bertz CT molecular complexity index is 512. The van der Waals surface area contributed by atoms with Gasteiger partial charge in [-0.05, 0) is 44.5 Å². The fourth-order valence-electron chi connectivity index (χ4n) is 1.83. The van der Waals surface area contributed by atoms with Crippen molar-refractivity contribution in [3.05, 3.63) is 48.0 Å². The van der Waals surface area contributed by atoms with Gasteiger partial charge in [-0.3, -0.25) is 0 Å². The third-order valence-electron chi connectivity index (χ3n) is 3.00. The van der Waals surface area contributed by atoms with Gasteiger partial charge in [-0.15, -0.1) is 0 Å². The Morgan fingerprint density at radius 3 is 2.60 bits per heavy atom. The van der Waals surface area contributed by atoms with Crippen LogP contribution >= 0.6 is 0 Å². The van der Waals surface area contributed by atoms with Crippen LogP contribution in [0.25, 0.3) is 0 Å². The lowest BCUT2D eigenvalue weighted by atomic mass is 10.1. The molecule has 0 aliphatic rings. The minimum Gasteiger partial charge on any atom is -0.467 e. The Balaban J connectivity index is 1.93. The molecule has 4 nitrogen and oxygen atoms in total. The number of pyridine rings is 1. The molecule has 4 heteroatoms. The quantitative estimate of drug-likeness (QED) is 0.908. The Hall–Kier alpha value is -1.81. The molecule has 2 rings (SSSR count). The van der Waals surface area contributed by atoms with E-state index in [0.717, 1.165) is 24.7 Å². The molecule has 0 bridgehead atoms. The van der Waals surface area contributed by atoms with Crippen molar-refractivity contribution in [1.82, 2.24) is 10.3 Å². The third kappa shape index (κ3) is 4.38. The topological polar surface area (TPSA) is 41.3 Å². The second-order valence-corrected chi connectivity index (χ2v) is 6.06. The van der Waals surface area contributed by atoms with Crippen LogP contribution in [-0.4, -0.2) is 17.6 Å². The number of hydrogen-bond donors (Lipinski definition) is 1. The monoisotopic (exact) mass is 273 g/mol. The van der Waals surface area contributed by atoms with Crippen LogP contribution in [0.2, 0.25) is 0 Å². The van der Waals surface area contributed by atoms with Gasteiger partial charge in [0, 0.05) is 25.3 Å².